The number of nitrogens with two attached hydrogens (primary N) is 1. The van der Waals surface area contributed by atoms with Crippen molar-refractivity contribution in [2.24, 2.45) is 11.7 Å². The lowest BCUT2D eigenvalue weighted by molar-refractivity contribution is 0.0231. The summed E-state index contributed by atoms with van der Waals surface area (Å²) in [6.45, 7) is 11.5. The van der Waals surface area contributed by atoms with Crippen molar-refractivity contribution in [2.45, 2.75) is 52.7 Å². The maximum absolute atomic E-state index is 13.5. The van der Waals surface area contributed by atoms with E-state index in [1.165, 1.54) is 0 Å². The van der Waals surface area contributed by atoms with E-state index >= 15 is 0 Å². The Morgan fingerprint density at radius 2 is 1.87 bits per heavy atom. The van der Waals surface area contributed by atoms with E-state index in [0.29, 0.717) is 60.3 Å². The van der Waals surface area contributed by atoms with Crippen LogP contribution in [-0.2, 0) is 4.74 Å². The molecule has 0 aliphatic carbocycles. The lowest BCUT2D eigenvalue weighted by atomic mass is 10.0. The second-order valence-corrected chi connectivity index (χ2v) is 9.79. The van der Waals surface area contributed by atoms with Gasteiger partial charge >= 0.3 is 6.09 Å². The monoisotopic (exact) mass is 449 g/mol. The molecule has 1 saturated heterocycles. The van der Waals surface area contributed by atoms with Crippen LogP contribution < -0.4 is 16.3 Å². The van der Waals surface area contributed by atoms with Gasteiger partial charge in [-0.05, 0) is 45.2 Å². The maximum Gasteiger partial charge on any atom is 0.410 e. The van der Waals surface area contributed by atoms with E-state index in [4.69, 9.17) is 27.1 Å². The first-order chi connectivity index (χ1) is 14.5. The van der Waals surface area contributed by atoms with Crippen LogP contribution in [0.1, 0.15) is 52.9 Å². The third-order valence-electron chi connectivity index (χ3n) is 5.10. The molecule has 1 aromatic heterocycles. The summed E-state index contributed by atoms with van der Waals surface area (Å²) in [6, 6.07) is 4.84. The van der Waals surface area contributed by atoms with Gasteiger partial charge in [0.1, 0.15) is 11.4 Å². The molecular formula is C22H32ClN5O3. The van der Waals surface area contributed by atoms with Crippen LogP contribution in [-0.4, -0.2) is 52.4 Å². The van der Waals surface area contributed by atoms with Gasteiger partial charge in [-0.2, -0.15) is 0 Å². The topological polar surface area (TPSA) is 93.7 Å². The number of halogens is 1. The Hall–Kier alpha value is -2.32. The van der Waals surface area contributed by atoms with E-state index in [0.717, 1.165) is 0 Å². The Labute approximate surface area is 187 Å². The van der Waals surface area contributed by atoms with Gasteiger partial charge in [0.25, 0.3) is 5.56 Å². The van der Waals surface area contributed by atoms with Crippen molar-refractivity contribution in [3.8, 4) is 0 Å². The average Bonchev–Trinajstić information content (AvgIpc) is 2.66. The summed E-state index contributed by atoms with van der Waals surface area (Å²) in [5, 5.41) is 2.63. The van der Waals surface area contributed by atoms with Crippen LogP contribution in [0.2, 0.25) is 5.02 Å². The molecule has 0 spiro atoms. The zero-order valence-corrected chi connectivity index (χ0v) is 19.6. The van der Waals surface area contributed by atoms with Gasteiger partial charge in [0.15, 0.2) is 0 Å². The number of piperazine rings is 1. The first-order valence-electron chi connectivity index (χ1n) is 10.7. The fraction of sp³-hybridized carbons (Fsp3) is 0.591. The summed E-state index contributed by atoms with van der Waals surface area (Å²) in [5.41, 5.74) is 6.22. The summed E-state index contributed by atoms with van der Waals surface area (Å²) in [7, 11) is 0. The predicted molar refractivity (Wildman–Crippen MR) is 123 cm³/mol. The number of hydrogen-bond donors (Lipinski definition) is 1. The van der Waals surface area contributed by atoms with Crippen LogP contribution in [0.3, 0.4) is 0 Å². The fourth-order valence-electron chi connectivity index (χ4n) is 3.73. The molecule has 2 aromatic rings. The quantitative estimate of drug-likeness (QED) is 0.769. The van der Waals surface area contributed by atoms with Gasteiger partial charge in [0, 0.05) is 13.1 Å². The van der Waals surface area contributed by atoms with Gasteiger partial charge in [-0.3, -0.25) is 4.79 Å². The Morgan fingerprint density at radius 3 is 2.45 bits per heavy atom. The molecule has 0 bridgehead atoms. The van der Waals surface area contributed by atoms with Gasteiger partial charge in [0.2, 0.25) is 0 Å². The number of carbonyl (C=O) groups excluding carboxylic acids is 1. The van der Waals surface area contributed by atoms with Crippen LogP contribution in [0.25, 0.3) is 10.9 Å². The molecule has 1 aliphatic heterocycles. The average molecular weight is 450 g/mol. The molecule has 1 amide bonds. The van der Waals surface area contributed by atoms with Crippen molar-refractivity contribution >= 4 is 28.6 Å². The highest BCUT2D eigenvalue weighted by molar-refractivity contribution is 6.35. The van der Waals surface area contributed by atoms with Crippen molar-refractivity contribution < 1.29 is 9.53 Å². The molecule has 0 saturated carbocycles. The SMILES string of the molecule is CC(C)CC(N)c1nc2cccc(Cl)c2c(=O)n1N1CCN(C(=O)OC(C)(C)C)CC1. The lowest BCUT2D eigenvalue weighted by Crippen LogP contribution is -2.57. The molecule has 170 valence electrons. The zero-order chi connectivity index (χ0) is 22.9. The van der Waals surface area contributed by atoms with Crippen LogP contribution in [0.5, 0.6) is 0 Å². The standard InChI is InChI=1S/C22H32ClN5O3/c1-14(2)13-16(24)19-25-17-8-6-7-15(23)18(17)20(29)28(19)27-11-9-26(10-12-27)21(30)31-22(3,4)5/h6-8,14,16H,9-13,24H2,1-5H3. The Balaban J connectivity index is 1.95. The lowest BCUT2D eigenvalue weighted by Gasteiger charge is -2.38. The number of aromatic nitrogens is 2. The van der Waals surface area contributed by atoms with E-state index in [9.17, 15) is 9.59 Å². The Bertz CT molecular complexity index is 1010. The molecule has 0 radical (unpaired) electrons. The smallest absolute Gasteiger partial charge is 0.410 e. The molecule has 1 unspecified atom stereocenters. The number of carbonyl (C=O) groups is 1. The number of benzene rings is 1. The third-order valence-corrected chi connectivity index (χ3v) is 5.41. The highest BCUT2D eigenvalue weighted by atomic mass is 35.5. The highest BCUT2D eigenvalue weighted by Crippen LogP contribution is 2.23. The van der Waals surface area contributed by atoms with E-state index < -0.39 is 11.6 Å². The summed E-state index contributed by atoms with van der Waals surface area (Å²) < 4.78 is 7.03. The molecule has 1 atom stereocenters. The first-order valence-corrected chi connectivity index (χ1v) is 11.1. The number of ether oxygens (including phenoxy) is 1. The van der Waals surface area contributed by atoms with E-state index in [1.807, 2.05) is 25.8 Å². The molecule has 1 aliphatic rings. The summed E-state index contributed by atoms with van der Waals surface area (Å²) in [4.78, 5) is 32.3. The Morgan fingerprint density at radius 1 is 1.23 bits per heavy atom. The van der Waals surface area contributed by atoms with Gasteiger partial charge in [-0.25, -0.2) is 14.5 Å². The van der Waals surface area contributed by atoms with Gasteiger partial charge in [0.05, 0.1) is 35.1 Å². The Kier molecular flexibility index (Phi) is 6.81. The number of amides is 1. The second kappa shape index (κ2) is 9.04. The molecular weight excluding hydrogens is 418 g/mol. The molecule has 1 aromatic carbocycles. The summed E-state index contributed by atoms with van der Waals surface area (Å²) >= 11 is 6.34. The van der Waals surface area contributed by atoms with Crippen LogP contribution in [0.4, 0.5) is 4.79 Å². The van der Waals surface area contributed by atoms with E-state index in [2.05, 4.69) is 13.8 Å². The minimum absolute atomic E-state index is 0.240. The third kappa shape index (κ3) is 5.30. The molecule has 1 fully saturated rings. The second-order valence-electron chi connectivity index (χ2n) is 9.38. The summed E-state index contributed by atoms with van der Waals surface area (Å²) in [5.74, 6) is 0.860. The van der Waals surface area contributed by atoms with E-state index in [1.54, 1.807) is 27.8 Å². The number of hydrogen-bond acceptors (Lipinski definition) is 6. The molecule has 2 heterocycles. The number of nitrogens with zero attached hydrogens (tertiary/aromatic N) is 4. The predicted octanol–water partition coefficient (Wildman–Crippen LogP) is 3.28. The van der Waals surface area contributed by atoms with Crippen molar-refractivity contribution in [3.63, 3.8) is 0 Å². The molecule has 31 heavy (non-hydrogen) atoms. The van der Waals surface area contributed by atoms with Crippen LogP contribution >= 0.6 is 11.6 Å². The minimum atomic E-state index is -0.555. The molecule has 2 N–H and O–H groups in total. The van der Waals surface area contributed by atoms with Crippen molar-refractivity contribution in [1.82, 2.24) is 14.6 Å². The highest BCUT2D eigenvalue weighted by Gasteiger charge is 2.29. The molecule has 9 heteroatoms. The fourth-order valence-corrected chi connectivity index (χ4v) is 3.98. The van der Waals surface area contributed by atoms with Gasteiger partial charge in [-0.1, -0.05) is 31.5 Å². The van der Waals surface area contributed by atoms with Crippen molar-refractivity contribution in [2.75, 3.05) is 31.2 Å². The molecule has 8 nitrogen and oxygen atoms in total. The van der Waals surface area contributed by atoms with Crippen LogP contribution in [0.15, 0.2) is 23.0 Å². The van der Waals surface area contributed by atoms with Crippen molar-refractivity contribution in [3.05, 3.63) is 39.4 Å². The number of rotatable bonds is 4. The van der Waals surface area contributed by atoms with E-state index in [-0.39, 0.29) is 11.7 Å². The van der Waals surface area contributed by atoms with Gasteiger partial charge < -0.3 is 20.4 Å². The normalized spacial score (nSPS) is 16.1. The summed E-state index contributed by atoms with van der Waals surface area (Å²) in [6.07, 6.45) is 0.340. The first kappa shape index (κ1) is 23.3. The molecule has 3 rings (SSSR count). The van der Waals surface area contributed by atoms with Crippen LogP contribution in [0, 0.1) is 5.92 Å². The maximum atomic E-state index is 13.5. The minimum Gasteiger partial charge on any atom is -0.444 e. The van der Waals surface area contributed by atoms with Gasteiger partial charge in [-0.15, -0.1) is 0 Å². The number of fused-ring (bicyclic) bond motifs is 1. The zero-order valence-electron chi connectivity index (χ0n) is 18.9. The van der Waals surface area contributed by atoms with Crippen molar-refractivity contribution in [1.29, 1.82) is 0 Å². The largest absolute Gasteiger partial charge is 0.444 e.